The van der Waals surface area contributed by atoms with Gasteiger partial charge in [0, 0.05) is 23.9 Å². The first-order chi connectivity index (χ1) is 11.3. The van der Waals surface area contributed by atoms with E-state index in [1.54, 1.807) is 18.3 Å². The molecule has 4 nitrogen and oxygen atoms in total. The molecule has 1 atom stereocenters. The molecule has 1 fully saturated rings. The average molecular weight is 307 g/mol. The highest BCUT2D eigenvalue weighted by Crippen LogP contribution is 2.25. The summed E-state index contributed by atoms with van der Waals surface area (Å²) in [5.74, 6) is 0.599. The van der Waals surface area contributed by atoms with Crippen LogP contribution in [0.15, 0.2) is 47.5 Å². The number of hydrogen-bond acceptors (Lipinski definition) is 4. The summed E-state index contributed by atoms with van der Waals surface area (Å²) in [4.78, 5) is 15.4. The van der Waals surface area contributed by atoms with E-state index < -0.39 is 0 Å². The minimum atomic E-state index is 0.469. The number of aliphatic imine (C=N–C) groups is 1. The second-order valence-electron chi connectivity index (χ2n) is 5.86. The minimum Gasteiger partial charge on any atom is -0.398 e. The fourth-order valence-electron chi connectivity index (χ4n) is 2.93. The molecule has 1 aliphatic heterocycles. The van der Waals surface area contributed by atoms with Crippen LogP contribution < -0.4 is 11.1 Å². The lowest BCUT2D eigenvalue weighted by Gasteiger charge is -2.23. The molecule has 1 unspecified atom stereocenters. The maximum Gasteiger partial charge on any atom is 0.152 e. The van der Waals surface area contributed by atoms with Gasteiger partial charge in [0.25, 0.3) is 0 Å². The van der Waals surface area contributed by atoms with Crippen LogP contribution in [0, 0.1) is 0 Å². The van der Waals surface area contributed by atoms with Crippen molar-refractivity contribution < 1.29 is 4.79 Å². The third kappa shape index (κ3) is 3.66. The van der Waals surface area contributed by atoms with Crippen molar-refractivity contribution in [3.63, 3.8) is 0 Å². The van der Waals surface area contributed by atoms with Gasteiger partial charge in [0.1, 0.15) is 0 Å². The summed E-state index contributed by atoms with van der Waals surface area (Å²) in [5.41, 5.74) is 9.92. The number of aldehydes is 1. The predicted octanol–water partition coefficient (Wildman–Crippen LogP) is 3.30. The van der Waals surface area contributed by atoms with E-state index in [9.17, 15) is 4.79 Å². The molecule has 3 rings (SSSR count). The molecule has 1 saturated heterocycles. The molecule has 0 amide bonds. The Morgan fingerprint density at radius 2 is 1.91 bits per heavy atom. The van der Waals surface area contributed by atoms with Crippen LogP contribution in [0.1, 0.15) is 40.2 Å². The smallest absolute Gasteiger partial charge is 0.152 e. The third-order valence-corrected chi connectivity index (χ3v) is 4.31. The normalized spacial score (nSPS) is 18.2. The first-order valence-electron chi connectivity index (χ1n) is 7.96. The molecule has 4 heteroatoms. The van der Waals surface area contributed by atoms with Crippen LogP contribution in [-0.2, 0) is 0 Å². The van der Waals surface area contributed by atoms with Crippen molar-refractivity contribution in [3.8, 4) is 0 Å². The number of carbonyl (C=O) groups excluding carboxylic acids is 1. The van der Waals surface area contributed by atoms with Crippen molar-refractivity contribution in [2.75, 3.05) is 18.8 Å². The van der Waals surface area contributed by atoms with Crippen LogP contribution >= 0.6 is 0 Å². The first kappa shape index (κ1) is 15.4. The molecular formula is C19H21N3O. The van der Waals surface area contributed by atoms with Gasteiger partial charge in [-0.05, 0) is 49.1 Å². The van der Waals surface area contributed by atoms with Crippen LogP contribution in [0.4, 0.5) is 11.4 Å². The second kappa shape index (κ2) is 7.20. The Morgan fingerprint density at radius 3 is 2.61 bits per heavy atom. The summed E-state index contributed by atoms with van der Waals surface area (Å²) in [5, 5.41) is 3.44. The van der Waals surface area contributed by atoms with Gasteiger partial charge in [-0.2, -0.15) is 0 Å². The van der Waals surface area contributed by atoms with E-state index in [-0.39, 0.29) is 0 Å². The first-order valence-corrected chi connectivity index (χ1v) is 7.96. The van der Waals surface area contributed by atoms with Crippen molar-refractivity contribution in [2.45, 2.75) is 18.8 Å². The van der Waals surface area contributed by atoms with Crippen molar-refractivity contribution in [1.29, 1.82) is 0 Å². The fourth-order valence-corrected chi connectivity index (χ4v) is 2.93. The lowest BCUT2D eigenvalue weighted by molar-refractivity contribution is 0.112. The Balaban J connectivity index is 1.74. The lowest BCUT2D eigenvalue weighted by Crippen LogP contribution is -2.28. The van der Waals surface area contributed by atoms with Gasteiger partial charge in [-0.25, -0.2) is 0 Å². The number of benzene rings is 2. The Hall–Kier alpha value is -2.46. The quantitative estimate of drug-likeness (QED) is 0.517. The molecule has 118 valence electrons. The molecule has 0 bridgehead atoms. The van der Waals surface area contributed by atoms with E-state index in [1.807, 2.05) is 18.2 Å². The summed E-state index contributed by atoms with van der Waals surface area (Å²) in [6.07, 6.45) is 4.95. The van der Waals surface area contributed by atoms with Gasteiger partial charge in [0.2, 0.25) is 0 Å². The number of carbonyl (C=O) groups is 1. The number of para-hydroxylation sites is 1. The largest absolute Gasteiger partial charge is 0.398 e. The monoisotopic (exact) mass is 307 g/mol. The summed E-state index contributed by atoms with van der Waals surface area (Å²) in [7, 11) is 0. The standard InChI is InChI=1S/C19H21N3O/c20-19-16(3-1-4-17(19)13-23)12-22-18-8-6-14(7-9-18)15-5-2-10-21-11-15/h1,3-4,6-9,12-13,15,21H,2,5,10-11,20H2. The Labute approximate surface area is 136 Å². The molecule has 3 N–H and O–H groups in total. The number of rotatable bonds is 4. The molecule has 0 spiro atoms. The van der Waals surface area contributed by atoms with Crippen molar-refractivity contribution in [2.24, 2.45) is 4.99 Å². The topological polar surface area (TPSA) is 67.5 Å². The molecular weight excluding hydrogens is 286 g/mol. The van der Waals surface area contributed by atoms with Crippen molar-refractivity contribution in [3.05, 3.63) is 59.2 Å². The van der Waals surface area contributed by atoms with Gasteiger partial charge in [-0.3, -0.25) is 9.79 Å². The van der Waals surface area contributed by atoms with Crippen LogP contribution in [-0.4, -0.2) is 25.6 Å². The van der Waals surface area contributed by atoms with E-state index in [1.165, 1.54) is 18.4 Å². The van der Waals surface area contributed by atoms with Gasteiger partial charge in [-0.1, -0.05) is 24.3 Å². The molecule has 0 radical (unpaired) electrons. The molecule has 1 heterocycles. The molecule has 0 aromatic heterocycles. The Bertz CT molecular complexity index is 701. The molecule has 2 aromatic rings. The zero-order valence-electron chi connectivity index (χ0n) is 13.0. The van der Waals surface area contributed by atoms with E-state index in [2.05, 4.69) is 22.4 Å². The van der Waals surface area contributed by atoms with Crippen LogP contribution in [0.25, 0.3) is 0 Å². The fraction of sp³-hybridized carbons (Fsp3) is 0.263. The van der Waals surface area contributed by atoms with Crippen molar-refractivity contribution >= 4 is 23.9 Å². The van der Waals surface area contributed by atoms with E-state index in [0.717, 1.165) is 30.6 Å². The summed E-state index contributed by atoms with van der Waals surface area (Å²) < 4.78 is 0. The molecule has 2 aromatic carbocycles. The molecule has 1 aliphatic rings. The highest BCUT2D eigenvalue weighted by molar-refractivity contribution is 5.95. The molecule has 0 aliphatic carbocycles. The number of nitrogen functional groups attached to an aromatic ring is 1. The molecule has 0 saturated carbocycles. The lowest BCUT2D eigenvalue weighted by atomic mass is 9.92. The number of hydrogen-bond donors (Lipinski definition) is 2. The van der Waals surface area contributed by atoms with Gasteiger partial charge in [-0.15, -0.1) is 0 Å². The minimum absolute atomic E-state index is 0.469. The maximum atomic E-state index is 10.9. The highest BCUT2D eigenvalue weighted by atomic mass is 16.1. The third-order valence-electron chi connectivity index (χ3n) is 4.31. The predicted molar refractivity (Wildman–Crippen MR) is 94.8 cm³/mol. The zero-order chi connectivity index (χ0) is 16.1. The van der Waals surface area contributed by atoms with Crippen LogP contribution in [0.2, 0.25) is 0 Å². The van der Waals surface area contributed by atoms with E-state index >= 15 is 0 Å². The number of piperidine rings is 1. The van der Waals surface area contributed by atoms with Crippen LogP contribution in [0.5, 0.6) is 0 Å². The second-order valence-corrected chi connectivity index (χ2v) is 5.86. The zero-order valence-corrected chi connectivity index (χ0v) is 13.0. The highest BCUT2D eigenvalue weighted by Gasteiger charge is 2.14. The maximum absolute atomic E-state index is 10.9. The van der Waals surface area contributed by atoms with Gasteiger partial charge < -0.3 is 11.1 Å². The van der Waals surface area contributed by atoms with Gasteiger partial charge >= 0.3 is 0 Å². The number of nitrogens with two attached hydrogens (primary N) is 1. The van der Waals surface area contributed by atoms with E-state index in [4.69, 9.17) is 5.73 Å². The van der Waals surface area contributed by atoms with E-state index in [0.29, 0.717) is 17.2 Å². The van der Waals surface area contributed by atoms with Crippen LogP contribution in [0.3, 0.4) is 0 Å². The summed E-state index contributed by atoms with van der Waals surface area (Å²) in [6, 6.07) is 13.7. The molecule has 23 heavy (non-hydrogen) atoms. The number of anilines is 1. The number of nitrogens with one attached hydrogen (secondary N) is 1. The van der Waals surface area contributed by atoms with Gasteiger partial charge in [0.15, 0.2) is 6.29 Å². The number of nitrogens with zero attached hydrogens (tertiary/aromatic N) is 1. The summed E-state index contributed by atoms with van der Waals surface area (Å²) in [6.45, 7) is 2.18. The SMILES string of the molecule is Nc1c(C=O)cccc1C=Nc1ccc(C2CCCNC2)cc1. The summed E-state index contributed by atoms with van der Waals surface area (Å²) >= 11 is 0. The average Bonchev–Trinajstić information content (AvgIpc) is 2.62. The Kier molecular flexibility index (Phi) is 4.83. The Morgan fingerprint density at radius 1 is 1.13 bits per heavy atom. The van der Waals surface area contributed by atoms with Gasteiger partial charge in [0.05, 0.1) is 11.4 Å². The van der Waals surface area contributed by atoms with Crippen molar-refractivity contribution in [1.82, 2.24) is 5.32 Å².